The summed E-state index contributed by atoms with van der Waals surface area (Å²) in [5.74, 6) is -0.390. The Morgan fingerprint density at radius 1 is 0.720 bits per heavy atom. The van der Waals surface area contributed by atoms with Crippen LogP contribution in [0.3, 0.4) is 0 Å². The fourth-order valence-corrected chi connectivity index (χ4v) is 4.28. The Morgan fingerprint density at radius 3 is 2.08 bits per heavy atom. The number of rotatable bonds is 3. The van der Waals surface area contributed by atoms with Crippen molar-refractivity contribution >= 4 is 17.8 Å². The molecule has 3 fully saturated rings. The van der Waals surface area contributed by atoms with Crippen LogP contribution in [0.2, 0.25) is 0 Å². The first-order chi connectivity index (χ1) is 12.1. The second-order valence-corrected chi connectivity index (χ2v) is 7.60. The highest BCUT2D eigenvalue weighted by Crippen LogP contribution is 2.24. The summed E-state index contributed by atoms with van der Waals surface area (Å²) in [5.41, 5.74) is 5.07. The number of urea groups is 1. The fourth-order valence-electron chi connectivity index (χ4n) is 4.28. The standard InChI is InChI=1S/C18H30N4O3/c23-16(13-7-4-5-8-13)20-21-17(24)15-11-6-12-22(15)18(25)19-14-9-2-1-3-10-14/h13-15H,1-12H2,(H,19,25)(H,20,23)(H,21,24)/t15-/m0/s1. The highest BCUT2D eigenvalue weighted by atomic mass is 16.2. The summed E-state index contributed by atoms with van der Waals surface area (Å²) >= 11 is 0. The van der Waals surface area contributed by atoms with Crippen molar-refractivity contribution in [3.05, 3.63) is 0 Å². The minimum absolute atomic E-state index is 0.00887. The van der Waals surface area contributed by atoms with Gasteiger partial charge in [0, 0.05) is 18.5 Å². The molecule has 2 saturated carbocycles. The molecule has 25 heavy (non-hydrogen) atoms. The normalized spacial score (nSPS) is 25.0. The number of amides is 4. The zero-order chi connectivity index (χ0) is 17.6. The van der Waals surface area contributed by atoms with Crippen LogP contribution < -0.4 is 16.2 Å². The maximum atomic E-state index is 12.5. The van der Waals surface area contributed by atoms with Crippen LogP contribution in [0.5, 0.6) is 0 Å². The summed E-state index contributed by atoms with van der Waals surface area (Å²) in [6.07, 6.45) is 11.0. The van der Waals surface area contributed by atoms with Crippen LogP contribution in [0.4, 0.5) is 4.79 Å². The van der Waals surface area contributed by atoms with E-state index in [0.29, 0.717) is 13.0 Å². The lowest BCUT2D eigenvalue weighted by Crippen LogP contribution is -2.55. The van der Waals surface area contributed by atoms with Crippen molar-refractivity contribution in [2.24, 2.45) is 5.92 Å². The first-order valence-corrected chi connectivity index (χ1v) is 9.82. The van der Waals surface area contributed by atoms with Gasteiger partial charge >= 0.3 is 6.03 Å². The molecule has 7 nitrogen and oxygen atoms in total. The molecule has 0 spiro atoms. The summed E-state index contributed by atoms with van der Waals surface area (Å²) < 4.78 is 0. The zero-order valence-corrected chi connectivity index (χ0v) is 14.9. The molecule has 0 aromatic rings. The van der Waals surface area contributed by atoms with Gasteiger partial charge in [0.1, 0.15) is 6.04 Å². The van der Waals surface area contributed by atoms with Crippen molar-refractivity contribution < 1.29 is 14.4 Å². The van der Waals surface area contributed by atoms with E-state index in [-0.39, 0.29) is 29.8 Å². The second kappa shape index (κ2) is 8.54. The molecule has 3 aliphatic rings. The topological polar surface area (TPSA) is 90.5 Å². The van der Waals surface area contributed by atoms with Gasteiger partial charge < -0.3 is 10.2 Å². The van der Waals surface area contributed by atoms with Crippen molar-refractivity contribution in [3.63, 3.8) is 0 Å². The molecule has 0 radical (unpaired) electrons. The van der Waals surface area contributed by atoms with Crippen LogP contribution in [0.15, 0.2) is 0 Å². The molecular formula is C18H30N4O3. The molecule has 0 unspecified atom stereocenters. The van der Waals surface area contributed by atoms with E-state index < -0.39 is 6.04 Å². The Labute approximate surface area is 149 Å². The van der Waals surface area contributed by atoms with Gasteiger partial charge in [0.25, 0.3) is 5.91 Å². The Bertz CT molecular complexity index is 499. The third kappa shape index (κ3) is 4.64. The van der Waals surface area contributed by atoms with Crippen LogP contribution in [0, 0.1) is 5.92 Å². The average Bonchev–Trinajstić information content (AvgIpc) is 3.31. The van der Waals surface area contributed by atoms with Crippen molar-refractivity contribution in [1.82, 2.24) is 21.1 Å². The van der Waals surface area contributed by atoms with Gasteiger partial charge in [0.05, 0.1) is 0 Å². The molecule has 0 aromatic heterocycles. The molecule has 1 saturated heterocycles. The maximum absolute atomic E-state index is 12.5. The summed E-state index contributed by atoms with van der Waals surface area (Å²) in [6.45, 7) is 0.590. The van der Waals surface area contributed by atoms with E-state index >= 15 is 0 Å². The molecule has 3 rings (SSSR count). The largest absolute Gasteiger partial charge is 0.335 e. The lowest BCUT2D eigenvalue weighted by molar-refractivity contribution is -0.132. The number of likely N-dealkylation sites (tertiary alicyclic amines) is 1. The third-order valence-corrected chi connectivity index (χ3v) is 5.78. The minimum Gasteiger partial charge on any atom is -0.335 e. The Kier molecular flexibility index (Phi) is 6.15. The van der Waals surface area contributed by atoms with E-state index in [1.807, 2.05) is 0 Å². The predicted octanol–water partition coefficient (Wildman–Crippen LogP) is 1.83. The molecule has 1 atom stereocenters. The van der Waals surface area contributed by atoms with Crippen LogP contribution in [0.25, 0.3) is 0 Å². The van der Waals surface area contributed by atoms with Crippen molar-refractivity contribution in [2.75, 3.05) is 6.54 Å². The van der Waals surface area contributed by atoms with Gasteiger partial charge in [-0.05, 0) is 38.5 Å². The summed E-state index contributed by atoms with van der Waals surface area (Å²) in [6, 6.07) is -0.410. The predicted molar refractivity (Wildman–Crippen MR) is 93.4 cm³/mol. The molecule has 0 bridgehead atoms. The third-order valence-electron chi connectivity index (χ3n) is 5.78. The number of nitrogens with zero attached hydrogens (tertiary/aromatic N) is 1. The van der Waals surface area contributed by atoms with Crippen molar-refractivity contribution in [2.45, 2.75) is 82.7 Å². The Hall–Kier alpha value is -1.79. The molecule has 3 N–H and O–H groups in total. The van der Waals surface area contributed by atoms with Gasteiger partial charge in [-0.25, -0.2) is 4.79 Å². The van der Waals surface area contributed by atoms with E-state index in [1.165, 1.54) is 6.42 Å². The van der Waals surface area contributed by atoms with Gasteiger partial charge in [-0.15, -0.1) is 0 Å². The zero-order valence-electron chi connectivity index (χ0n) is 14.9. The summed E-state index contributed by atoms with van der Waals surface area (Å²) in [4.78, 5) is 38.6. The molecule has 1 aliphatic heterocycles. The van der Waals surface area contributed by atoms with E-state index in [9.17, 15) is 14.4 Å². The summed E-state index contributed by atoms with van der Waals surface area (Å²) in [5, 5.41) is 3.07. The first kappa shape index (κ1) is 18.0. The molecule has 140 valence electrons. The lowest BCUT2D eigenvalue weighted by atomic mass is 9.96. The number of hydrazine groups is 1. The number of hydrogen-bond acceptors (Lipinski definition) is 3. The molecule has 0 aromatic carbocycles. The van der Waals surface area contributed by atoms with Gasteiger partial charge in [-0.3, -0.25) is 20.4 Å². The molecule has 1 heterocycles. The maximum Gasteiger partial charge on any atom is 0.318 e. The van der Waals surface area contributed by atoms with E-state index in [0.717, 1.165) is 57.8 Å². The number of nitrogens with one attached hydrogen (secondary N) is 3. The quantitative estimate of drug-likeness (QED) is 0.678. The molecule has 7 heteroatoms. The Morgan fingerprint density at radius 2 is 1.36 bits per heavy atom. The van der Waals surface area contributed by atoms with E-state index in [2.05, 4.69) is 16.2 Å². The highest BCUT2D eigenvalue weighted by Gasteiger charge is 2.35. The molecule has 2 aliphatic carbocycles. The van der Waals surface area contributed by atoms with Crippen LogP contribution in [-0.2, 0) is 9.59 Å². The average molecular weight is 350 g/mol. The van der Waals surface area contributed by atoms with Gasteiger partial charge in [-0.1, -0.05) is 32.1 Å². The fraction of sp³-hybridized carbons (Fsp3) is 0.833. The van der Waals surface area contributed by atoms with Crippen LogP contribution in [0.1, 0.15) is 70.6 Å². The van der Waals surface area contributed by atoms with Crippen LogP contribution in [-0.4, -0.2) is 41.4 Å². The smallest absolute Gasteiger partial charge is 0.318 e. The Balaban J connectivity index is 1.47. The van der Waals surface area contributed by atoms with Crippen LogP contribution >= 0.6 is 0 Å². The highest BCUT2D eigenvalue weighted by molar-refractivity contribution is 5.89. The van der Waals surface area contributed by atoms with Crippen molar-refractivity contribution in [1.29, 1.82) is 0 Å². The summed E-state index contributed by atoms with van der Waals surface area (Å²) in [7, 11) is 0. The monoisotopic (exact) mass is 350 g/mol. The van der Waals surface area contributed by atoms with Gasteiger partial charge in [-0.2, -0.15) is 0 Å². The molecule has 4 amide bonds. The first-order valence-electron chi connectivity index (χ1n) is 9.82. The SMILES string of the molecule is O=C(NNC(=O)[C@@H]1CCCN1C(=O)NC1CCCCC1)C1CCCC1. The number of carbonyl (C=O) groups excluding carboxylic acids is 3. The van der Waals surface area contributed by atoms with E-state index in [1.54, 1.807) is 4.90 Å². The number of carbonyl (C=O) groups is 3. The molecular weight excluding hydrogens is 320 g/mol. The lowest BCUT2D eigenvalue weighted by Gasteiger charge is -2.29. The minimum atomic E-state index is -0.493. The van der Waals surface area contributed by atoms with E-state index in [4.69, 9.17) is 0 Å². The van der Waals surface area contributed by atoms with Gasteiger partial charge in [0.15, 0.2) is 0 Å². The second-order valence-electron chi connectivity index (χ2n) is 7.60. The number of hydrogen-bond donors (Lipinski definition) is 3. The van der Waals surface area contributed by atoms with Gasteiger partial charge in [0.2, 0.25) is 5.91 Å². The van der Waals surface area contributed by atoms with Crippen molar-refractivity contribution in [3.8, 4) is 0 Å².